The summed E-state index contributed by atoms with van der Waals surface area (Å²) in [5.41, 5.74) is 7.68. The molecule has 0 aliphatic rings. The van der Waals surface area contributed by atoms with Crippen molar-refractivity contribution in [3.8, 4) is 0 Å². The summed E-state index contributed by atoms with van der Waals surface area (Å²) in [6.07, 6.45) is 0. The van der Waals surface area contributed by atoms with Gasteiger partial charge in [-0.25, -0.2) is 4.79 Å². The summed E-state index contributed by atoms with van der Waals surface area (Å²) in [5.74, 6) is 0. The number of amides is 2. The van der Waals surface area contributed by atoms with Crippen LogP contribution in [-0.2, 0) is 0 Å². The molecule has 0 aliphatic carbocycles. The van der Waals surface area contributed by atoms with E-state index in [4.69, 9.17) is 5.73 Å². The zero-order valence-electron chi connectivity index (χ0n) is 5.38. The van der Waals surface area contributed by atoms with Gasteiger partial charge < -0.3 is 16.8 Å². The number of urea groups is 1. The molecule has 1 rings (SSSR count). The van der Waals surface area contributed by atoms with Crippen LogP contribution in [0.3, 0.4) is 0 Å². The van der Waals surface area contributed by atoms with Crippen molar-refractivity contribution in [1.29, 1.82) is 0 Å². The second-order valence-electron chi connectivity index (χ2n) is 1.94. The highest BCUT2D eigenvalue weighted by atomic mass is 16.2. The van der Waals surface area contributed by atoms with E-state index in [9.17, 15) is 14.4 Å². The Morgan fingerprint density at radius 2 is 1.82 bits per heavy atom. The van der Waals surface area contributed by atoms with Gasteiger partial charge in [0.1, 0.15) is 11.4 Å². The van der Waals surface area contributed by atoms with E-state index in [1.54, 1.807) is 0 Å². The number of carbonyl (C=O) groups excluding carboxylic acids is 1. The van der Waals surface area contributed by atoms with Crippen LogP contribution in [0.2, 0.25) is 0 Å². The maximum atomic E-state index is 10.5. The molecule has 1 aromatic carbocycles. The SMILES string of the molecule is NC(=O)Nc1c(N)c(=O)c1=O. The molecule has 0 aromatic heterocycles. The van der Waals surface area contributed by atoms with Gasteiger partial charge in [0.25, 0.3) is 10.9 Å². The molecule has 0 saturated heterocycles. The molecule has 1 aromatic rings. The van der Waals surface area contributed by atoms with E-state index in [2.05, 4.69) is 5.73 Å². The number of hydrogen-bond donors (Lipinski definition) is 3. The van der Waals surface area contributed by atoms with Crippen LogP contribution in [0.4, 0.5) is 16.2 Å². The van der Waals surface area contributed by atoms with Crippen molar-refractivity contribution in [2.75, 3.05) is 11.1 Å². The number of primary amides is 1. The predicted molar refractivity (Wildman–Crippen MR) is 39.0 cm³/mol. The molecule has 0 heterocycles. The average molecular weight is 155 g/mol. The van der Waals surface area contributed by atoms with Crippen molar-refractivity contribution < 1.29 is 4.79 Å². The number of nitrogens with one attached hydrogen (secondary N) is 1. The Balaban J connectivity index is 3.00. The average Bonchev–Trinajstić information content (AvgIpc) is 1.98. The van der Waals surface area contributed by atoms with Crippen LogP contribution < -0.4 is 27.6 Å². The van der Waals surface area contributed by atoms with E-state index < -0.39 is 16.9 Å². The van der Waals surface area contributed by atoms with Gasteiger partial charge in [-0.15, -0.1) is 0 Å². The zero-order chi connectivity index (χ0) is 8.59. The maximum absolute atomic E-state index is 10.5. The highest BCUT2D eigenvalue weighted by Gasteiger charge is 2.18. The second kappa shape index (κ2) is 2.08. The minimum atomic E-state index is -0.913. The van der Waals surface area contributed by atoms with Gasteiger partial charge in [0.05, 0.1) is 0 Å². The van der Waals surface area contributed by atoms with Gasteiger partial charge >= 0.3 is 6.03 Å². The fraction of sp³-hybridized carbons (Fsp3) is 0. The van der Waals surface area contributed by atoms with E-state index in [1.807, 2.05) is 5.32 Å². The Morgan fingerprint density at radius 3 is 2.18 bits per heavy atom. The lowest BCUT2D eigenvalue weighted by Crippen LogP contribution is -2.39. The topological polar surface area (TPSA) is 115 Å². The number of anilines is 2. The highest BCUT2D eigenvalue weighted by Crippen LogP contribution is 2.07. The van der Waals surface area contributed by atoms with Gasteiger partial charge in [-0.05, 0) is 0 Å². The van der Waals surface area contributed by atoms with E-state index in [-0.39, 0.29) is 11.4 Å². The second-order valence-corrected chi connectivity index (χ2v) is 1.94. The summed E-state index contributed by atoms with van der Waals surface area (Å²) in [6.45, 7) is 0. The molecule has 6 heteroatoms. The Hall–Kier alpha value is -1.85. The largest absolute Gasteiger partial charge is 0.394 e. The van der Waals surface area contributed by atoms with Gasteiger partial charge in [-0.1, -0.05) is 0 Å². The van der Waals surface area contributed by atoms with Crippen molar-refractivity contribution in [1.82, 2.24) is 0 Å². The Kier molecular flexibility index (Phi) is 1.37. The molecule has 0 atom stereocenters. The standard InChI is InChI=1S/C5H5N3O3/c6-1-2(8-5(7)11)4(10)3(1)9/h6H2,(H3,7,8,11). The lowest BCUT2D eigenvalue weighted by Gasteiger charge is -2.04. The number of hydrogen-bond acceptors (Lipinski definition) is 4. The fourth-order valence-corrected chi connectivity index (χ4v) is 0.656. The summed E-state index contributed by atoms with van der Waals surface area (Å²) in [7, 11) is 0. The number of rotatable bonds is 1. The summed E-state index contributed by atoms with van der Waals surface area (Å²) in [4.78, 5) is 31.1. The van der Waals surface area contributed by atoms with Crippen molar-refractivity contribution in [2.45, 2.75) is 0 Å². The molecule has 0 saturated carbocycles. The summed E-state index contributed by atoms with van der Waals surface area (Å²) < 4.78 is 0. The van der Waals surface area contributed by atoms with Crippen molar-refractivity contribution >= 4 is 17.4 Å². The summed E-state index contributed by atoms with van der Waals surface area (Å²) in [6, 6.07) is -0.913. The first-order valence-corrected chi connectivity index (χ1v) is 2.69. The Bertz CT molecular complexity index is 374. The molecule has 0 radical (unpaired) electrons. The first kappa shape index (κ1) is 7.26. The molecule has 2 amide bonds. The Morgan fingerprint density at radius 1 is 1.27 bits per heavy atom. The minimum Gasteiger partial charge on any atom is -0.394 e. The minimum absolute atomic E-state index is 0.206. The van der Waals surface area contributed by atoms with E-state index in [0.717, 1.165) is 0 Å². The van der Waals surface area contributed by atoms with Crippen LogP contribution in [0, 0.1) is 0 Å². The number of carbonyl (C=O) groups is 1. The van der Waals surface area contributed by atoms with Crippen LogP contribution in [0.5, 0.6) is 0 Å². The van der Waals surface area contributed by atoms with Gasteiger partial charge in [0.2, 0.25) is 0 Å². The third kappa shape index (κ3) is 0.936. The van der Waals surface area contributed by atoms with Gasteiger partial charge in [0, 0.05) is 0 Å². The van der Waals surface area contributed by atoms with Crippen LogP contribution in [0.15, 0.2) is 9.59 Å². The van der Waals surface area contributed by atoms with Gasteiger partial charge in [0.15, 0.2) is 0 Å². The van der Waals surface area contributed by atoms with E-state index in [0.29, 0.717) is 0 Å². The molecular formula is C5H5N3O3. The number of nitrogen functional groups attached to an aromatic ring is 1. The van der Waals surface area contributed by atoms with Gasteiger partial charge in [-0.2, -0.15) is 0 Å². The summed E-state index contributed by atoms with van der Waals surface area (Å²) >= 11 is 0. The molecule has 0 aliphatic heterocycles. The molecule has 58 valence electrons. The first-order valence-electron chi connectivity index (χ1n) is 2.69. The molecule has 0 unspecified atom stereocenters. The molecular weight excluding hydrogens is 150 g/mol. The van der Waals surface area contributed by atoms with Crippen molar-refractivity contribution in [2.24, 2.45) is 5.73 Å². The number of nitrogens with two attached hydrogens (primary N) is 2. The van der Waals surface area contributed by atoms with Crippen LogP contribution >= 0.6 is 0 Å². The van der Waals surface area contributed by atoms with E-state index >= 15 is 0 Å². The van der Waals surface area contributed by atoms with Crippen LogP contribution in [0.25, 0.3) is 0 Å². The molecule has 0 fully saturated rings. The Labute approximate surface area is 60.5 Å². The van der Waals surface area contributed by atoms with Crippen LogP contribution in [0.1, 0.15) is 0 Å². The molecule has 5 N–H and O–H groups in total. The molecule has 0 spiro atoms. The van der Waals surface area contributed by atoms with Crippen LogP contribution in [-0.4, -0.2) is 6.03 Å². The fourth-order valence-electron chi connectivity index (χ4n) is 0.656. The normalized spacial score (nSPS) is 9.82. The zero-order valence-corrected chi connectivity index (χ0v) is 5.38. The molecule has 11 heavy (non-hydrogen) atoms. The van der Waals surface area contributed by atoms with Crippen molar-refractivity contribution in [3.05, 3.63) is 20.4 Å². The molecule has 0 bridgehead atoms. The maximum Gasteiger partial charge on any atom is 0.316 e. The smallest absolute Gasteiger partial charge is 0.316 e. The van der Waals surface area contributed by atoms with E-state index in [1.165, 1.54) is 0 Å². The quantitative estimate of drug-likeness (QED) is 0.421. The monoisotopic (exact) mass is 155 g/mol. The predicted octanol–water partition coefficient (Wildman–Crippen LogP) is -1.64. The first-order chi connectivity index (χ1) is 5.04. The lowest BCUT2D eigenvalue weighted by molar-refractivity contribution is 0.259. The highest BCUT2D eigenvalue weighted by molar-refractivity contribution is 5.92. The third-order valence-corrected chi connectivity index (χ3v) is 1.20. The van der Waals surface area contributed by atoms with Gasteiger partial charge in [-0.3, -0.25) is 9.59 Å². The molecule has 6 nitrogen and oxygen atoms in total. The third-order valence-electron chi connectivity index (χ3n) is 1.20. The van der Waals surface area contributed by atoms with Crippen molar-refractivity contribution in [3.63, 3.8) is 0 Å². The lowest BCUT2D eigenvalue weighted by atomic mass is 10.2. The summed E-state index contributed by atoms with van der Waals surface area (Å²) in [5, 5.41) is 1.93.